The van der Waals surface area contributed by atoms with Gasteiger partial charge in [0, 0.05) is 24.7 Å². The molecule has 0 radical (unpaired) electrons. The van der Waals surface area contributed by atoms with Gasteiger partial charge < -0.3 is 10.6 Å². The van der Waals surface area contributed by atoms with Gasteiger partial charge in [0.15, 0.2) is 0 Å². The number of carbonyl (C=O) groups excluding carboxylic acids is 2. The molecule has 2 aromatic rings. The highest BCUT2D eigenvalue weighted by molar-refractivity contribution is 7.89. The average Bonchev–Trinajstić information content (AvgIpc) is 2.84. The minimum absolute atomic E-state index is 0.218. The van der Waals surface area contributed by atoms with E-state index in [0.717, 1.165) is 24.8 Å². The van der Waals surface area contributed by atoms with Crippen LogP contribution in [0.25, 0.3) is 0 Å². The van der Waals surface area contributed by atoms with E-state index in [-0.39, 0.29) is 35.7 Å². The van der Waals surface area contributed by atoms with Gasteiger partial charge in [0.25, 0.3) is 0 Å². The number of unbranched alkanes of at least 4 members (excludes halogenated alkanes) is 1. The number of aryl methyl sites for hydroxylation is 2. The maximum atomic E-state index is 12.9. The molecular weight excluding hydrogens is 450 g/mol. The average molecular weight is 486 g/mol. The molecule has 0 saturated carbocycles. The van der Waals surface area contributed by atoms with Gasteiger partial charge in [-0.3, -0.25) is 9.59 Å². The van der Waals surface area contributed by atoms with Crippen LogP contribution in [0.3, 0.4) is 0 Å². The fourth-order valence-electron chi connectivity index (χ4n) is 4.00. The van der Waals surface area contributed by atoms with Crippen LogP contribution in [0.5, 0.6) is 0 Å². The lowest BCUT2D eigenvalue weighted by molar-refractivity contribution is -0.129. The largest absolute Gasteiger partial charge is 0.344 e. The van der Waals surface area contributed by atoms with Gasteiger partial charge in [-0.2, -0.15) is 4.31 Å². The Balaban J connectivity index is 1.48. The molecule has 34 heavy (non-hydrogen) atoms. The zero-order chi connectivity index (χ0) is 24.7. The number of hydrogen-bond donors (Lipinski definition) is 2. The molecule has 0 unspecified atom stereocenters. The van der Waals surface area contributed by atoms with Gasteiger partial charge in [-0.1, -0.05) is 43.2 Å². The summed E-state index contributed by atoms with van der Waals surface area (Å²) in [6.07, 6.45) is 4.13. The smallest absolute Gasteiger partial charge is 0.246 e. The Labute approximate surface area is 203 Å². The zero-order valence-corrected chi connectivity index (χ0v) is 21.0. The predicted molar refractivity (Wildman–Crippen MR) is 134 cm³/mol. The first-order valence-corrected chi connectivity index (χ1v) is 13.4. The topological polar surface area (TPSA) is 95.6 Å². The molecule has 2 amide bonds. The number of sulfonamides is 1. The molecule has 1 fully saturated rings. The lowest BCUT2D eigenvalue weighted by Crippen LogP contribution is -2.47. The van der Waals surface area contributed by atoms with Crippen LogP contribution in [0, 0.1) is 12.8 Å². The van der Waals surface area contributed by atoms with E-state index in [1.165, 1.54) is 9.87 Å². The van der Waals surface area contributed by atoms with Gasteiger partial charge in [0.1, 0.15) is 6.04 Å². The lowest BCUT2D eigenvalue weighted by Gasteiger charge is -2.31. The fourth-order valence-corrected chi connectivity index (χ4v) is 5.47. The molecule has 1 saturated heterocycles. The first-order valence-electron chi connectivity index (χ1n) is 12.0. The number of anilines is 1. The summed E-state index contributed by atoms with van der Waals surface area (Å²) in [4.78, 5) is 25.5. The van der Waals surface area contributed by atoms with Crippen molar-refractivity contribution in [1.29, 1.82) is 0 Å². The molecule has 0 aliphatic carbocycles. The van der Waals surface area contributed by atoms with E-state index in [9.17, 15) is 18.0 Å². The maximum absolute atomic E-state index is 12.9. The van der Waals surface area contributed by atoms with E-state index in [0.29, 0.717) is 18.5 Å². The van der Waals surface area contributed by atoms with Crippen molar-refractivity contribution < 1.29 is 18.0 Å². The zero-order valence-electron chi connectivity index (χ0n) is 20.2. The van der Waals surface area contributed by atoms with E-state index < -0.39 is 16.1 Å². The van der Waals surface area contributed by atoms with Crippen LogP contribution in [0.4, 0.5) is 5.69 Å². The van der Waals surface area contributed by atoms with Crippen molar-refractivity contribution >= 4 is 27.5 Å². The minimum Gasteiger partial charge on any atom is -0.344 e. The van der Waals surface area contributed by atoms with Crippen LogP contribution < -0.4 is 10.6 Å². The van der Waals surface area contributed by atoms with E-state index in [1.807, 2.05) is 31.2 Å². The maximum Gasteiger partial charge on any atom is 0.246 e. The van der Waals surface area contributed by atoms with Crippen molar-refractivity contribution in [3.05, 3.63) is 59.7 Å². The summed E-state index contributed by atoms with van der Waals surface area (Å²) >= 11 is 0. The third-order valence-corrected chi connectivity index (χ3v) is 8.19. The van der Waals surface area contributed by atoms with Crippen molar-refractivity contribution in [2.45, 2.75) is 63.8 Å². The van der Waals surface area contributed by atoms with Crippen molar-refractivity contribution in [2.75, 3.05) is 18.4 Å². The molecule has 7 nitrogen and oxygen atoms in total. The minimum atomic E-state index is -3.57. The molecule has 2 N–H and O–H groups in total. The van der Waals surface area contributed by atoms with E-state index in [2.05, 4.69) is 17.6 Å². The third kappa shape index (κ3) is 6.67. The van der Waals surface area contributed by atoms with E-state index >= 15 is 0 Å². The highest BCUT2D eigenvalue weighted by atomic mass is 32.2. The molecule has 1 heterocycles. The van der Waals surface area contributed by atoms with Crippen LogP contribution in [0.15, 0.2) is 53.4 Å². The predicted octanol–water partition coefficient (Wildman–Crippen LogP) is 3.88. The Kier molecular flexibility index (Phi) is 8.85. The molecule has 0 aromatic heterocycles. The Morgan fingerprint density at radius 2 is 1.65 bits per heavy atom. The summed E-state index contributed by atoms with van der Waals surface area (Å²) in [7, 11) is -3.57. The van der Waals surface area contributed by atoms with Gasteiger partial charge in [-0.15, -0.1) is 0 Å². The van der Waals surface area contributed by atoms with Crippen LogP contribution in [-0.4, -0.2) is 43.7 Å². The van der Waals surface area contributed by atoms with Crippen molar-refractivity contribution in [1.82, 2.24) is 9.62 Å². The van der Waals surface area contributed by atoms with Gasteiger partial charge >= 0.3 is 0 Å². The number of rotatable bonds is 9. The summed E-state index contributed by atoms with van der Waals surface area (Å²) in [5.74, 6) is -0.823. The van der Waals surface area contributed by atoms with Crippen LogP contribution in [-0.2, 0) is 26.0 Å². The van der Waals surface area contributed by atoms with Crippen molar-refractivity contribution in [3.8, 4) is 0 Å². The Hall–Kier alpha value is -2.71. The number of benzene rings is 2. The standard InChI is InChI=1S/C26H35N3O4S/c1-4-5-6-21-9-11-23(12-10-21)28-25(30)20(3)27-26(31)22-15-17-29(18-16-22)34(32,33)24-13-7-19(2)8-14-24/h7-14,20,22H,4-6,15-18H2,1-3H3,(H,27,31)(H,28,30)/t20-/m1/s1. The number of nitrogens with one attached hydrogen (secondary N) is 2. The van der Waals surface area contributed by atoms with Crippen molar-refractivity contribution in [3.63, 3.8) is 0 Å². The number of carbonyl (C=O) groups is 2. The fraction of sp³-hybridized carbons (Fsp3) is 0.462. The van der Waals surface area contributed by atoms with Crippen LogP contribution >= 0.6 is 0 Å². The molecule has 0 spiro atoms. The summed E-state index contributed by atoms with van der Waals surface area (Å²) in [5.41, 5.74) is 2.93. The molecule has 1 aliphatic heterocycles. The van der Waals surface area contributed by atoms with Gasteiger partial charge in [-0.05, 0) is 69.4 Å². The number of nitrogens with zero attached hydrogens (tertiary/aromatic N) is 1. The highest BCUT2D eigenvalue weighted by Gasteiger charge is 2.32. The summed E-state index contributed by atoms with van der Waals surface area (Å²) in [5, 5.41) is 5.62. The Morgan fingerprint density at radius 3 is 2.24 bits per heavy atom. The quantitative estimate of drug-likeness (QED) is 0.563. The molecule has 3 rings (SSSR count). The summed E-state index contributed by atoms with van der Waals surface area (Å²) in [6, 6.07) is 13.9. The normalized spacial score (nSPS) is 16.1. The van der Waals surface area contributed by atoms with Crippen molar-refractivity contribution in [2.24, 2.45) is 5.92 Å². The number of piperidine rings is 1. The van der Waals surface area contributed by atoms with E-state index in [1.54, 1.807) is 31.2 Å². The van der Waals surface area contributed by atoms with Gasteiger partial charge in [0.2, 0.25) is 21.8 Å². The van der Waals surface area contributed by atoms with Gasteiger partial charge in [-0.25, -0.2) is 8.42 Å². The first-order chi connectivity index (χ1) is 16.2. The van der Waals surface area contributed by atoms with Gasteiger partial charge in [0.05, 0.1) is 4.90 Å². The Bertz CT molecular complexity index is 1070. The second-order valence-corrected chi connectivity index (χ2v) is 10.9. The molecule has 1 atom stereocenters. The summed E-state index contributed by atoms with van der Waals surface area (Å²) < 4.78 is 27.2. The highest BCUT2D eigenvalue weighted by Crippen LogP contribution is 2.24. The number of hydrogen-bond acceptors (Lipinski definition) is 4. The summed E-state index contributed by atoms with van der Waals surface area (Å²) in [6.45, 7) is 6.27. The molecular formula is C26H35N3O4S. The molecule has 2 aromatic carbocycles. The number of amides is 2. The second kappa shape index (κ2) is 11.6. The second-order valence-electron chi connectivity index (χ2n) is 9.01. The van der Waals surface area contributed by atoms with E-state index in [4.69, 9.17) is 0 Å². The van der Waals surface area contributed by atoms with Crippen LogP contribution in [0.1, 0.15) is 50.7 Å². The molecule has 8 heteroatoms. The third-order valence-electron chi connectivity index (χ3n) is 6.28. The molecule has 1 aliphatic rings. The van der Waals surface area contributed by atoms with Crippen LogP contribution in [0.2, 0.25) is 0 Å². The monoisotopic (exact) mass is 485 g/mol. The first kappa shape index (κ1) is 25.9. The SMILES string of the molecule is CCCCc1ccc(NC(=O)[C@@H](C)NC(=O)C2CCN(S(=O)(=O)c3ccc(C)cc3)CC2)cc1. The molecule has 0 bridgehead atoms. The Morgan fingerprint density at radius 1 is 1.03 bits per heavy atom. The lowest BCUT2D eigenvalue weighted by atomic mass is 9.97. The molecule has 184 valence electrons.